The molecule has 12 heteroatoms. The minimum absolute atomic E-state index is 0.00333. The van der Waals surface area contributed by atoms with E-state index in [0.29, 0.717) is 0 Å². The topological polar surface area (TPSA) is 72.9 Å². The number of sulfonamides is 1. The third kappa shape index (κ3) is 3.82. The SMILES string of the molecule is O=C(Oc1c(F)c(F)c(F)c(F)c1F)c1ccccc1S(=O)(=O)N1CCOCC1. The van der Waals surface area contributed by atoms with Crippen LogP contribution in [0, 0.1) is 29.1 Å². The van der Waals surface area contributed by atoms with Crippen LogP contribution in [0.1, 0.15) is 10.4 Å². The second-order valence-electron chi connectivity index (χ2n) is 5.80. The summed E-state index contributed by atoms with van der Waals surface area (Å²) in [5.41, 5.74) is -0.636. The van der Waals surface area contributed by atoms with Crippen molar-refractivity contribution in [2.75, 3.05) is 26.3 Å². The molecule has 1 heterocycles. The van der Waals surface area contributed by atoms with E-state index in [9.17, 15) is 35.2 Å². The number of esters is 1. The first-order valence-electron chi connectivity index (χ1n) is 8.06. The van der Waals surface area contributed by atoms with Gasteiger partial charge in [0.05, 0.1) is 23.7 Å². The zero-order valence-electron chi connectivity index (χ0n) is 14.4. The summed E-state index contributed by atoms with van der Waals surface area (Å²) in [5, 5.41) is 0. The molecule has 1 aliphatic heterocycles. The van der Waals surface area contributed by atoms with Gasteiger partial charge in [-0.1, -0.05) is 12.1 Å². The zero-order chi connectivity index (χ0) is 21.3. The van der Waals surface area contributed by atoms with Crippen molar-refractivity contribution >= 4 is 16.0 Å². The van der Waals surface area contributed by atoms with Gasteiger partial charge in [-0.3, -0.25) is 0 Å². The number of rotatable bonds is 4. The van der Waals surface area contributed by atoms with Gasteiger partial charge in [-0.15, -0.1) is 0 Å². The molecule has 1 saturated heterocycles. The molecule has 2 aromatic carbocycles. The van der Waals surface area contributed by atoms with E-state index in [-0.39, 0.29) is 26.3 Å². The van der Waals surface area contributed by atoms with Crippen molar-refractivity contribution in [2.45, 2.75) is 4.90 Å². The van der Waals surface area contributed by atoms with Gasteiger partial charge in [0, 0.05) is 13.1 Å². The maximum atomic E-state index is 13.8. The normalized spacial score (nSPS) is 15.3. The van der Waals surface area contributed by atoms with Gasteiger partial charge in [0.25, 0.3) is 0 Å². The Morgan fingerprint density at radius 3 is 2.00 bits per heavy atom. The smallest absolute Gasteiger partial charge is 0.345 e. The van der Waals surface area contributed by atoms with Crippen LogP contribution in [-0.4, -0.2) is 45.0 Å². The fourth-order valence-corrected chi connectivity index (χ4v) is 4.20. The number of carbonyl (C=O) groups is 1. The summed E-state index contributed by atoms with van der Waals surface area (Å²) in [7, 11) is -4.22. The van der Waals surface area contributed by atoms with Gasteiger partial charge in [0.15, 0.2) is 0 Å². The van der Waals surface area contributed by atoms with Crippen molar-refractivity contribution in [3.63, 3.8) is 0 Å². The van der Waals surface area contributed by atoms with Crippen LogP contribution in [0.2, 0.25) is 0 Å². The Balaban J connectivity index is 2.01. The Morgan fingerprint density at radius 1 is 0.897 bits per heavy atom. The number of morpholine rings is 1. The Kier molecular flexibility index (Phi) is 5.87. The van der Waals surface area contributed by atoms with Crippen LogP contribution in [-0.2, 0) is 14.8 Å². The largest absolute Gasteiger partial charge is 0.416 e. The molecule has 6 nitrogen and oxygen atoms in total. The Morgan fingerprint density at radius 2 is 1.41 bits per heavy atom. The molecule has 0 bridgehead atoms. The first kappa shape index (κ1) is 21.1. The van der Waals surface area contributed by atoms with E-state index in [1.807, 2.05) is 0 Å². The Labute approximate surface area is 161 Å². The molecule has 1 aliphatic rings. The molecule has 0 saturated carbocycles. The Hall–Kier alpha value is -2.57. The van der Waals surface area contributed by atoms with E-state index in [2.05, 4.69) is 4.74 Å². The van der Waals surface area contributed by atoms with Crippen LogP contribution in [0.15, 0.2) is 29.2 Å². The van der Waals surface area contributed by atoms with Crippen molar-refractivity contribution in [2.24, 2.45) is 0 Å². The van der Waals surface area contributed by atoms with E-state index < -0.39 is 61.3 Å². The first-order valence-corrected chi connectivity index (χ1v) is 9.50. The molecule has 29 heavy (non-hydrogen) atoms. The third-order valence-electron chi connectivity index (χ3n) is 4.06. The van der Waals surface area contributed by atoms with E-state index in [1.165, 1.54) is 12.1 Å². The number of ether oxygens (including phenoxy) is 2. The average Bonchev–Trinajstić information content (AvgIpc) is 2.74. The van der Waals surface area contributed by atoms with Gasteiger partial charge in [0.1, 0.15) is 0 Å². The lowest BCUT2D eigenvalue weighted by Gasteiger charge is -2.26. The van der Waals surface area contributed by atoms with E-state index in [0.717, 1.165) is 16.4 Å². The number of hydrogen-bond donors (Lipinski definition) is 0. The molecule has 2 aromatic rings. The molecule has 0 radical (unpaired) electrons. The molecule has 0 atom stereocenters. The molecule has 0 N–H and O–H groups in total. The summed E-state index contributed by atoms with van der Waals surface area (Å²) < 4.78 is 103. The van der Waals surface area contributed by atoms with Crippen molar-refractivity contribution in [1.29, 1.82) is 0 Å². The quantitative estimate of drug-likeness (QED) is 0.242. The maximum absolute atomic E-state index is 13.8. The number of halogens is 5. The molecule has 0 unspecified atom stereocenters. The summed E-state index contributed by atoms with van der Waals surface area (Å²) in [5.74, 6) is -15.2. The molecular weight excluding hydrogens is 425 g/mol. The highest BCUT2D eigenvalue weighted by atomic mass is 32.2. The monoisotopic (exact) mass is 437 g/mol. The van der Waals surface area contributed by atoms with Gasteiger partial charge in [0.2, 0.25) is 44.9 Å². The van der Waals surface area contributed by atoms with Crippen LogP contribution in [0.5, 0.6) is 5.75 Å². The summed E-state index contributed by atoms with van der Waals surface area (Å²) in [4.78, 5) is 11.8. The molecule has 0 aromatic heterocycles. The fourth-order valence-electron chi connectivity index (χ4n) is 2.61. The molecular formula is C17H12F5NO5S. The van der Waals surface area contributed by atoms with Crippen molar-refractivity contribution < 1.29 is 44.6 Å². The van der Waals surface area contributed by atoms with Crippen LogP contribution >= 0.6 is 0 Å². The van der Waals surface area contributed by atoms with Crippen LogP contribution < -0.4 is 4.74 Å². The summed E-state index contributed by atoms with van der Waals surface area (Å²) in [6.07, 6.45) is 0. The highest BCUT2D eigenvalue weighted by Gasteiger charge is 2.33. The predicted octanol–water partition coefficient (Wildman–Crippen LogP) is 2.62. The number of nitrogens with zero attached hydrogens (tertiary/aromatic N) is 1. The average molecular weight is 437 g/mol. The molecule has 1 fully saturated rings. The van der Waals surface area contributed by atoms with Gasteiger partial charge in [-0.25, -0.2) is 26.4 Å². The first-order chi connectivity index (χ1) is 13.7. The molecule has 0 aliphatic carbocycles. The van der Waals surface area contributed by atoms with Gasteiger partial charge >= 0.3 is 5.97 Å². The minimum atomic E-state index is -4.22. The van der Waals surface area contributed by atoms with Crippen LogP contribution in [0.25, 0.3) is 0 Å². The molecule has 0 amide bonds. The number of benzene rings is 2. The van der Waals surface area contributed by atoms with Gasteiger partial charge < -0.3 is 9.47 Å². The van der Waals surface area contributed by atoms with Crippen molar-refractivity contribution in [1.82, 2.24) is 4.31 Å². The summed E-state index contributed by atoms with van der Waals surface area (Å²) in [6, 6.07) is 4.58. The highest BCUT2D eigenvalue weighted by molar-refractivity contribution is 7.89. The lowest BCUT2D eigenvalue weighted by Crippen LogP contribution is -2.41. The lowest BCUT2D eigenvalue weighted by atomic mass is 10.2. The number of hydrogen-bond acceptors (Lipinski definition) is 5. The van der Waals surface area contributed by atoms with E-state index >= 15 is 0 Å². The maximum Gasteiger partial charge on any atom is 0.345 e. The number of carbonyl (C=O) groups excluding carboxylic acids is 1. The third-order valence-corrected chi connectivity index (χ3v) is 6.02. The van der Waals surface area contributed by atoms with Crippen molar-refractivity contribution in [3.05, 3.63) is 58.9 Å². The fraction of sp³-hybridized carbons (Fsp3) is 0.235. The van der Waals surface area contributed by atoms with E-state index in [4.69, 9.17) is 4.74 Å². The Bertz CT molecular complexity index is 1040. The molecule has 0 spiro atoms. The van der Waals surface area contributed by atoms with E-state index in [1.54, 1.807) is 0 Å². The van der Waals surface area contributed by atoms with Gasteiger partial charge in [-0.2, -0.15) is 13.1 Å². The lowest BCUT2D eigenvalue weighted by molar-refractivity contribution is 0.0705. The molecule has 3 rings (SSSR count). The van der Waals surface area contributed by atoms with Crippen LogP contribution in [0.3, 0.4) is 0 Å². The van der Waals surface area contributed by atoms with Crippen LogP contribution in [0.4, 0.5) is 22.0 Å². The predicted molar refractivity (Wildman–Crippen MR) is 87.2 cm³/mol. The standard InChI is InChI=1S/C17H12F5NO5S/c18-11-12(19)14(21)16(15(22)13(11)20)28-17(24)9-3-1-2-4-10(9)29(25,26)23-5-7-27-8-6-23/h1-4H,5-8H2. The zero-order valence-corrected chi connectivity index (χ0v) is 15.2. The second kappa shape index (κ2) is 8.05. The summed E-state index contributed by atoms with van der Waals surface area (Å²) in [6.45, 7) is 0.250. The summed E-state index contributed by atoms with van der Waals surface area (Å²) >= 11 is 0. The molecule has 156 valence electrons. The minimum Gasteiger partial charge on any atom is -0.416 e. The van der Waals surface area contributed by atoms with Crippen molar-refractivity contribution in [3.8, 4) is 5.75 Å². The highest BCUT2D eigenvalue weighted by Crippen LogP contribution is 2.30. The second-order valence-corrected chi connectivity index (χ2v) is 7.71. The van der Waals surface area contributed by atoms with Gasteiger partial charge in [-0.05, 0) is 12.1 Å².